The van der Waals surface area contributed by atoms with Gasteiger partial charge in [0.05, 0.1) is 0 Å². The van der Waals surface area contributed by atoms with Crippen LogP contribution in [0.4, 0.5) is 0 Å². The van der Waals surface area contributed by atoms with Crippen molar-refractivity contribution in [3.8, 4) is 0 Å². The summed E-state index contributed by atoms with van der Waals surface area (Å²) in [6.07, 6.45) is 3.62. The zero-order valence-corrected chi connectivity index (χ0v) is 12.5. The van der Waals surface area contributed by atoms with Gasteiger partial charge in [-0.25, -0.2) is 0 Å². The molecule has 4 nitrogen and oxygen atoms in total. The lowest BCUT2D eigenvalue weighted by Crippen LogP contribution is -2.38. The van der Waals surface area contributed by atoms with E-state index in [1.807, 2.05) is 6.07 Å². The molecule has 1 aromatic heterocycles. The second-order valence-corrected chi connectivity index (χ2v) is 6.00. The van der Waals surface area contributed by atoms with Crippen LogP contribution in [0.25, 0.3) is 0 Å². The van der Waals surface area contributed by atoms with Gasteiger partial charge < -0.3 is 4.90 Å². The number of pyridine rings is 1. The van der Waals surface area contributed by atoms with Gasteiger partial charge in [0, 0.05) is 48.8 Å². The van der Waals surface area contributed by atoms with Crippen LogP contribution in [0.2, 0.25) is 0 Å². The van der Waals surface area contributed by atoms with Crippen molar-refractivity contribution in [2.75, 3.05) is 13.1 Å². The number of Topliss-reactive ketones (excluding diaryl/α,β-unsaturated/α-hetero) is 1. The van der Waals surface area contributed by atoms with Gasteiger partial charge in [0.1, 0.15) is 5.78 Å². The topological polar surface area (TPSA) is 50.3 Å². The van der Waals surface area contributed by atoms with Gasteiger partial charge in [-0.3, -0.25) is 14.6 Å². The summed E-state index contributed by atoms with van der Waals surface area (Å²) in [6, 6.07) is 3.65. The molecule has 0 spiro atoms. The van der Waals surface area contributed by atoms with E-state index >= 15 is 0 Å². The smallest absolute Gasteiger partial charge is 0.253 e. The Kier molecular flexibility index (Phi) is 4.21. The Balaban J connectivity index is 2.18. The van der Waals surface area contributed by atoms with Crippen molar-refractivity contribution in [2.24, 2.45) is 0 Å². The highest BCUT2D eigenvalue weighted by Gasteiger charge is 2.24. The monoisotopic (exact) mass is 274 g/mol. The van der Waals surface area contributed by atoms with Crippen LogP contribution in [-0.2, 0) is 10.2 Å². The first kappa shape index (κ1) is 14.7. The summed E-state index contributed by atoms with van der Waals surface area (Å²) in [4.78, 5) is 29.9. The summed E-state index contributed by atoms with van der Waals surface area (Å²) in [5.74, 6) is 0.254. The van der Waals surface area contributed by atoms with Gasteiger partial charge in [-0.2, -0.15) is 0 Å². The normalized spacial score (nSPS) is 16.4. The van der Waals surface area contributed by atoms with Gasteiger partial charge in [-0.15, -0.1) is 0 Å². The van der Waals surface area contributed by atoms with E-state index in [2.05, 4.69) is 25.8 Å². The van der Waals surface area contributed by atoms with Crippen molar-refractivity contribution in [3.63, 3.8) is 0 Å². The standard InChI is InChI=1S/C16H22N2O2/c1-4-16(2,3)14-11-12(5-8-17-14)15(20)18-9-6-13(19)7-10-18/h5,8,11H,4,6-7,9-10H2,1-3H3. The summed E-state index contributed by atoms with van der Waals surface area (Å²) in [6.45, 7) is 7.44. The van der Waals surface area contributed by atoms with E-state index in [-0.39, 0.29) is 17.1 Å². The molecule has 2 rings (SSSR count). The fourth-order valence-corrected chi connectivity index (χ4v) is 2.26. The van der Waals surface area contributed by atoms with Crippen LogP contribution in [0, 0.1) is 0 Å². The number of ketones is 1. The molecule has 0 N–H and O–H groups in total. The molecule has 0 bridgehead atoms. The minimum atomic E-state index is -0.0336. The molecule has 1 aromatic rings. The van der Waals surface area contributed by atoms with Crippen molar-refractivity contribution in [1.29, 1.82) is 0 Å². The Hall–Kier alpha value is -1.71. The number of hydrogen-bond donors (Lipinski definition) is 0. The Labute approximate surface area is 120 Å². The first-order valence-corrected chi connectivity index (χ1v) is 7.21. The molecule has 1 fully saturated rings. The van der Waals surface area contributed by atoms with Crippen LogP contribution in [-0.4, -0.2) is 34.7 Å². The lowest BCUT2D eigenvalue weighted by atomic mass is 9.85. The second kappa shape index (κ2) is 5.73. The number of nitrogens with zero attached hydrogens (tertiary/aromatic N) is 2. The summed E-state index contributed by atoms with van der Waals surface area (Å²) in [5.41, 5.74) is 1.58. The third-order valence-corrected chi connectivity index (χ3v) is 4.19. The molecule has 20 heavy (non-hydrogen) atoms. The van der Waals surface area contributed by atoms with E-state index < -0.39 is 0 Å². The van der Waals surface area contributed by atoms with Crippen LogP contribution in [0.1, 0.15) is 56.1 Å². The molecule has 1 aliphatic heterocycles. The molecular formula is C16H22N2O2. The number of carbonyl (C=O) groups is 2. The van der Waals surface area contributed by atoms with Gasteiger partial charge in [-0.1, -0.05) is 20.8 Å². The first-order valence-electron chi connectivity index (χ1n) is 7.21. The van der Waals surface area contributed by atoms with E-state index in [1.54, 1.807) is 17.2 Å². The minimum absolute atomic E-state index is 0.00746. The maximum atomic E-state index is 12.5. The Morgan fingerprint density at radius 1 is 1.35 bits per heavy atom. The third kappa shape index (κ3) is 3.06. The van der Waals surface area contributed by atoms with E-state index in [9.17, 15) is 9.59 Å². The molecule has 0 radical (unpaired) electrons. The molecule has 108 valence electrons. The molecule has 0 unspecified atom stereocenters. The van der Waals surface area contributed by atoms with Crippen LogP contribution in [0.5, 0.6) is 0 Å². The highest BCUT2D eigenvalue weighted by atomic mass is 16.2. The van der Waals surface area contributed by atoms with Crippen molar-refractivity contribution in [3.05, 3.63) is 29.6 Å². The molecule has 0 aromatic carbocycles. The molecule has 1 aliphatic rings. The maximum absolute atomic E-state index is 12.5. The molecule has 1 saturated heterocycles. The van der Waals surface area contributed by atoms with Crippen molar-refractivity contribution < 1.29 is 9.59 Å². The van der Waals surface area contributed by atoms with E-state index in [0.717, 1.165) is 12.1 Å². The van der Waals surface area contributed by atoms with Gasteiger partial charge in [0.2, 0.25) is 0 Å². The molecule has 0 saturated carbocycles. The molecule has 4 heteroatoms. The third-order valence-electron chi connectivity index (χ3n) is 4.19. The molecule has 0 aliphatic carbocycles. The zero-order chi connectivity index (χ0) is 14.8. The lowest BCUT2D eigenvalue weighted by Gasteiger charge is -2.27. The van der Waals surface area contributed by atoms with Gasteiger partial charge in [0.15, 0.2) is 0 Å². The summed E-state index contributed by atoms with van der Waals surface area (Å²) in [7, 11) is 0. The fourth-order valence-electron chi connectivity index (χ4n) is 2.26. The predicted octanol–water partition coefficient (Wildman–Crippen LogP) is 2.57. The van der Waals surface area contributed by atoms with E-state index in [0.29, 0.717) is 31.5 Å². The zero-order valence-electron chi connectivity index (χ0n) is 12.5. The fraction of sp³-hybridized carbons (Fsp3) is 0.562. The van der Waals surface area contributed by atoms with Gasteiger partial charge >= 0.3 is 0 Å². The predicted molar refractivity (Wildman–Crippen MR) is 77.7 cm³/mol. The second-order valence-electron chi connectivity index (χ2n) is 6.00. The molecule has 1 amide bonds. The summed E-state index contributed by atoms with van der Waals surface area (Å²) in [5, 5.41) is 0. The number of carbonyl (C=O) groups excluding carboxylic acids is 2. The van der Waals surface area contributed by atoms with Crippen molar-refractivity contribution >= 4 is 11.7 Å². The number of amides is 1. The van der Waals surface area contributed by atoms with Crippen molar-refractivity contribution in [2.45, 2.75) is 45.4 Å². The van der Waals surface area contributed by atoms with Gasteiger partial charge in [-0.05, 0) is 18.6 Å². The maximum Gasteiger partial charge on any atom is 0.253 e. The van der Waals surface area contributed by atoms with Crippen LogP contribution in [0.15, 0.2) is 18.3 Å². The molecule has 0 atom stereocenters. The van der Waals surface area contributed by atoms with Crippen molar-refractivity contribution in [1.82, 2.24) is 9.88 Å². The van der Waals surface area contributed by atoms with Crippen LogP contribution in [0.3, 0.4) is 0 Å². The van der Waals surface area contributed by atoms with Gasteiger partial charge in [0.25, 0.3) is 5.91 Å². The SMILES string of the molecule is CCC(C)(C)c1cc(C(=O)N2CCC(=O)CC2)ccn1. The Bertz CT molecular complexity index is 513. The molecule has 2 heterocycles. The largest absolute Gasteiger partial charge is 0.338 e. The first-order chi connectivity index (χ1) is 9.44. The summed E-state index contributed by atoms with van der Waals surface area (Å²) >= 11 is 0. The van der Waals surface area contributed by atoms with Crippen LogP contribution >= 0.6 is 0 Å². The number of aromatic nitrogens is 1. The summed E-state index contributed by atoms with van der Waals surface area (Å²) < 4.78 is 0. The minimum Gasteiger partial charge on any atom is -0.338 e. The average molecular weight is 274 g/mol. The number of rotatable bonds is 3. The Morgan fingerprint density at radius 3 is 2.60 bits per heavy atom. The van der Waals surface area contributed by atoms with Crippen LogP contribution < -0.4 is 0 Å². The van der Waals surface area contributed by atoms with E-state index in [1.165, 1.54) is 0 Å². The van der Waals surface area contributed by atoms with E-state index in [4.69, 9.17) is 0 Å². The number of piperidine rings is 1. The molecular weight excluding hydrogens is 252 g/mol. The Morgan fingerprint density at radius 2 is 2.00 bits per heavy atom. The number of likely N-dealkylation sites (tertiary alicyclic amines) is 1. The number of hydrogen-bond acceptors (Lipinski definition) is 3. The highest BCUT2D eigenvalue weighted by molar-refractivity contribution is 5.95. The quantitative estimate of drug-likeness (QED) is 0.851. The average Bonchev–Trinajstić information content (AvgIpc) is 2.47. The highest BCUT2D eigenvalue weighted by Crippen LogP contribution is 2.25. The lowest BCUT2D eigenvalue weighted by molar-refractivity contribution is -0.120.